The first-order chi connectivity index (χ1) is 12.7. The van der Waals surface area contributed by atoms with Crippen molar-refractivity contribution >= 4 is 11.6 Å². The quantitative estimate of drug-likeness (QED) is 0.737. The Morgan fingerprint density at radius 3 is 2.73 bits per heavy atom. The van der Waals surface area contributed by atoms with Crippen molar-refractivity contribution in [2.24, 2.45) is 0 Å². The number of carbonyl (C=O) groups excluding carboxylic acids is 1. The second-order valence-electron chi connectivity index (χ2n) is 5.54. The molecule has 0 aliphatic rings. The largest absolute Gasteiger partial charge is 0.497 e. The summed E-state index contributed by atoms with van der Waals surface area (Å²) in [7, 11) is 3.08. The number of rotatable bonds is 6. The monoisotopic (exact) mass is 352 g/mol. The minimum absolute atomic E-state index is 0.265. The molecular weight excluding hydrogens is 332 g/mol. The Kier molecular flexibility index (Phi) is 5.17. The summed E-state index contributed by atoms with van der Waals surface area (Å²) < 4.78 is 12.4. The van der Waals surface area contributed by atoms with E-state index in [0.717, 1.165) is 17.9 Å². The molecule has 1 aromatic heterocycles. The fourth-order valence-corrected chi connectivity index (χ4v) is 2.63. The Morgan fingerprint density at radius 1 is 1.15 bits per heavy atom. The smallest absolute Gasteiger partial charge is 0.259 e. The maximum atomic E-state index is 12.6. The minimum Gasteiger partial charge on any atom is -0.497 e. The number of amides is 1. The Morgan fingerprint density at radius 2 is 2.00 bits per heavy atom. The molecule has 1 N–H and O–H groups in total. The number of methoxy groups -OCH3 is 2. The lowest BCUT2D eigenvalue weighted by Crippen LogP contribution is -2.13. The highest BCUT2D eigenvalue weighted by Crippen LogP contribution is 2.26. The summed E-state index contributed by atoms with van der Waals surface area (Å²) in [6, 6.07) is 12.6. The molecule has 0 spiro atoms. The first-order valence-corrected chi connectivity index (χ1v) is 8.18. The van der Waals surface area contributed by atoms with E-state index in [9.17, 15) is 4.79 Å². The van der Waals surface area contributed by atoms with Crippen molar-refractivity contribution in [3.05, 3.63) is 54.4 Å². The number of aryl methyl sites for hydroxylation is 1. The van der Waals surface area contributed by atoms with Crippen LogP contribution in [0.3, 0.4) is 0 Å². The van der Waals surface area contributed by atoms with Gasteiger partial charge in [-0.2, -0.15) is 0 Å². The number of carbonyl (C=O) groups is 1. The molecule has 3 aromatic rings. The van der Waals surface area contributed by atoms with Crippen LogP contribution in [0.15, 0.2) is 48.8 Å². The normalized spacial score (nSPS) is 10.4. The van der Waals surface area contributed by atoms with Crippen molar-refractivity contribution in [1.29, 1.82) is 0 Å². The summed E-state index contributed by atoms with van der Waals surface area (Å²) in [6.45, 7) is 2.79. The molecular formula is C19H20N4O3. The van der Waals surface area contributed by atoms with E-state index >= 15 is 0 Å². The van der Waals surface area contributed by atoms with E-state index in [4.69, 9.17) is 9.47 Å². The van der Waals surface area contributed by atoms with E-state index in [2.05, 4.69) is 15.5 Å². The van der Waals surface area contributed by atoms with Gasteiger partial charge in [-0.1, -0.05) is 12.1 Å². The third kappa shape index (κ3) is 3.51. The summed E-state index contributed by atoms with van der Waals surface area (Å²) in [4.78, 5) is 12.6. The minimum atomic E-state index is -0.265. The number of aromatic nitrogens is 3. The molecule has 3 rings (SSSR count). The van der Waals surface area contributed by atoms with Crippen LogP contribution in [-0.4, -0.2) is 34.9 Å². The SMILES string of the molecule is CCn1cnnc1-c1cccc(NC(=O)c2ccc(OC)cc2OC)c1. The van der Waals surface area contributed by atoms with E-state index in [-0.39, 0.29) is 5.91 Å². The molecule has 134 valence electrons. The lowest BCUT2D eigenvalue weighted by molar-refractivity contribution is 0.102. The van der Waals surface area contributed by atoms with Gasteiger partial charge in [0.1, 0.15) is 17.8 Å². The fourth-order valence-electron chi connectivity index (χ4n) is 2.63. The van der Waals surface area contributed by atoms with Gasteiger partial charge in [0.05, 0.1) is 19.8 Å². The fraction of sp³-hybridized carbons (Fsp3) is 0.211. The molecule has 1 heterocycles. The number of benzene rings is 2. The lowest BCUT2D eigenvalue weighted by Gasteiger charge is -2.11. The van der Waals surface area contributed by atoms with Crippen LogP contribution in [0.1, 0.15) is 17.3 Å². The standard InChI is InChI=1S/C19H20N4O3/c1-4-23-12-20-22-18(23)13-6-5-7-14(10-13)21-19(24)16-9-8-15(25-2)11-17(16)26-3/h5-12H,4H2,1-3H3,(H,21,24). The second kappa shape index (κ2) is 7.69. The highest BCUT2D eigenvalue weighted by molar-refractivity contribution is 6.06. The molecule has 1 amide bonds. The Hall–Kier alpha value is -3.35. The van der Waals surface area contributed by atoms with Gasteiger partial charge >= 0.3 is 0 Å². The molecule has 0 radical (unpaired) electrons. The van der Waals surface area contributed by atoms with Crippen LogP contribution in [0.4, 0.5) is 5.69 Å². The maximum absolute atomic E-state index is 12.6. The van der Waals surface area contributed by atoms with E-state index in [1.54, 1.807) is 31.6 Å². The number of hydrogen-bond donors (Lipinski definition) is 1. The van der Waals surface area contributed by atoms with Crippen molar-refractivity contribution in [3.63, 3.8) is 0 Å². The van der Waals surface area contributed by atoms with Crippen molar-refractivity contribution in [3.8, 4) is 22.9 Å². The van der Waals surface area contributed by atoms with Crippen LogP contribution in [0.2, 0.25) is 0 Å². The molecule has 0 aliphatic carbocycles. The van der Waals surface area contributed by atoms with E-state index < -0.39 is 0 Å². The van der Waals surface area contributed by atoms with Crippen LogP contribution >= 0.6 is 0 Å². The zero-order valence-electron chi connectivity index (χ0n) is 14.9. The zero-order chi connectivity index (χ0) is 18.5. The highest BCUT2D eigenvalue weighted by Gasteiger charge is 2.14. The molecule has 0 unspecified atom stereocenters. The highest BCUT2D eigenvalue weighted by atomic mass is 16.5. The van der Waals surface area contributed by atoms with E-state index in [1.165, 1.54) is 7.11 Å². The van der Waals surface area contributed by atoms with Gasteiger partial charge in [-0.15, -0.1) is 10.2 Å². The van der Waals surface area contributed by atoms with Gasteiger partial charge in [-0.3, -0.25) is 4.79 Å². The average molecular weight is 352 g/mol. The topological polar surface area (TPSA) is 78.3 Å². The molecule has 0 bridgehead atoms. The molecule has 2 aromatic carbocycles. The van der Waals surface area contributed by atoms with Gasteiger partial charge in [-0.05, 0) is 31.2 Å². The van der Waals surface area contributed by atoms with Crippen LogP contribution < -0.4 is 14.8 Å². The molecule has 0 aliphatic heterocycles. The molecule has 26 heavy (non-hydrogen) atoms. The van der Waals surface area contributed by atoms with Gasteiger partial charge in [0.2, 0.25) is 0 Å². The predicted octanol–water partition coefficient (Wildman–Crippen LogP) is 3.23. The summed E-state index contributed by atoms with van der Waals surface area (Å²) in [6.07, 6.45) is 1.68. The average Bonchev–Trinajstić information content (AvgIpc) is 3.16. The number of anilines is 1. The van der Waals surface area contributed by atoms with Crippen molar-refractivity contribution in [2.45, 2.75) is 13.5 Å². The Labute approximate surface area is 151 Å². The first-order valence-electron chi connectivity index (χ1n) is 8.18. The Balaban J connectivity index is 1.86. The lowest BCUT2D eigenvalue weighted by atomic mass is 10.1. The van der Waals surface area contributed by atoms with Crippen molar-refractivity contribution < 1.29 is 14.3 Å². The van der Waals surface area contributed by atoms with Crippen LogP contribution in [0.25, 0.3) is 11.4 Å². The Bertz CT molecular complexity index is 921. The molecule has 7 nitrogen and oxygen atoms in total. The summed E-state index contributed by atoms with van der Waals surface area (Å²) in [5, 5.41) is 11.0. The molecule has 7 heteroatoms. The predicted molar refractivity (Wildman–Crippen MR) is 98.6 cm³/mol. The molecule has 0 fully saturated rings. The third-order valence-electron chi connectivity index (χ3n) is 3.99. The van der Waals surface area contributed by atoms with Crippen LogP contribution in [-0.2, 0) is 6.54 Å². The number of ether oxygens (including phenoxy) is 2. The molecule has 0 saturated carbocycles. The van der Waals surface area contributed by atoms with Gasteiger partial charge in [0.25, 0.3) is 5.91 Å². The maximum Gasteiger partial charge on any atom is 0.259 e. The van der Waals surface area contributed by atoms with Gasteiger partial charge < -0.3 is 19.4 Å². The number of nitrogens with zero attached hydrogens (tertiary/aromatic N) is 3. The number of nitrogens with one attached hydrogen (secondary N) is 1. The second-order valence-corrected chi connectivity index (χ2v) is 5.54. The van der Waals surface area contributed by atoms with Crippen LogP contribution in [0.5, 0.6) is 11.5 Å². The first kappa shape index (κ1) is 17.5. The van der Waals surface area contributed by atoms with E-state index in [0.29, 0.717) is 22.7 Å². The van der Waals surface area contributed by atoms with Crippen molar-refractivity contribution in [2.75, 3.05) is 19.5 Å². The van der Waals surface area contributed by atoms with Gasteiger partial charge in [-0.25, -0.2) is 0 Å². The third-order valence-corrected chi connectivity index (χ3v) is 3.99. The summed E-state index contributed by atoms with van der Waals surface area (Å²) in [5.41, 5.74) is 1.97. The molecule has 0 saturated heterocycles. The summed E-state index contributed by atoms with van der Waals surface area (Å²) >= 11 is 0. The van der Waals surface area contributed by atoms with Gasteiger partial charge in [0, 0.05) is 23.9 Å². The molecule has 0 atom stereocenters. The van der Waals surface area contributed by atoms with Gasteiger partial charge in [0.15, 0.2) is 5.82 Å². The van der Waals surface area contributed by atoms with E-state index in [1.807, 2.05) is 35.8 Å². The number of hydrogen-bond acceptors (Lipinski definition) is 5. The summed E-state index contributed by atoms with van der Waals surface area (Å²) in [5.74, 6) is 1.56. The van der Waals surface area contributed by atoms with Crippen LogP contribution in [0, 0.1) is 0 Å². The van der Waals surface area contributed by atoms with Crippen molar-refractivity contribution in [1.82, 2.24) is 14.8 Å². The zero-order valence-corrected chi connectivity index (χ0v) is 14.9.